The Morgan fingerprint density at radius 2 is 1.95 bits per heavy atom. The molecule has 0 spiro atoms. The molecule has 1 fully saturated rings. The summed E-state index contributed by atoms with van der Waals surface area (Å²) in [5.74, 6) is 0. The molecule has 1 saturated carbocycles. The number of hydrogen-bond donors (Lipinski definition) is 1. The van der Waals surface area contributed by atoms with E-state index in [0.717, 1.165) is 19.6 Å². The van der Waals surface area contributed by atoms with Crippen LogP contribution in [0.25, 0.3) is 0 Å². The van der Waals surface area contributed by atoms with Crippen LogP contribution in [0.5, 0.6) is 0 Å². The van der Waals surface area contributed by atoms with Crippen LogP contribution in [0.1, 0.15) is 57.1 Å². The van der Waals surface area contributed by atoms with E-state index < -0.39 is 0 Å². The zero-order chi connectivity index (χ0) is 15.1. The van der Waals surface area contributed by atoms with Crippen LogP contribution in [-0.2, 0) is 11.2 Å². The Bertz CT molecular complexity index is 418. The third kappa shape index (κ3) is 4.31. The molecule has 1 aliphatic carbocycles. The zero-order valence-electron chi connectivity index (χ0n) is 14.0. The minimum atomic E-state index is 0.0345. The van der Waals surface area contributed by atoms with E-state index in [1.165, 1.54) is 43.2 Å². The maximum absolute atomic E-state index is 6.33. The monoisotopic (exact) mass is 289 g/mol. The molecule has 0 radical (unpaired) electrons. The van der Waals surface area contributed by atoms with Crippen molar-refractivity contribution in [1.29, 1.82) is 0 Å². The van der Waals surface area contributed by atoms with E-state index in [1.807, 2.05) is 0 Å². The number of rotatable bonds is 7. The van der Waals surface area contributed by atoms with Gasteiger partial charge in [0.2, 0.25) is 0 Å². The summed E-state index contributed by atoms with van der Waals surface area (Å²) in [6, 6.07) is 9.32. The van der Waals surface area contributed by atoms with Crippen molar-refractivity contribution in [2.24, 2.45) is 0 Å². The maximum atomic E-state index is 6.33. The van der Waals surface area contributed by atoms with Crippen LogP contribution >= 0.6 is 0 Å². The van der Waals surface area contributed by atoms with Crippen LogP contribution in [0.15, 0.2) is 24.3 Å². The first-order valence-corrected chi connectivity index (χ1v) is 8.63. The molecule has 118 valence electrons. The third-order valence-corrected chi connectivity index (χ3v) is 4.74. The van der Waals surface area contributed by atoms with E-state index in [4.69, 9.17) is 4.74 Å². The van der Waals surface area contributed by atoms with Gasteiger partial charge < -0.3 is 10.1 Å². The van der Waals surface area contributed by atoms with Gasteiger partial charge in [0.05, 0.1) is 5.60 Å². The summed E-state index contributed by atoms with van der Waals surface area (Å²) in [4.78, 5) is 0. The van der Waals surface area contributed by atoms with Gasteiger partial charge in [0.1, 0.15) is 0 Å². The van der Waals surface area contributed by atoms with Gasteiger partial charge in [-0.05, 0) is 45.2 Å². The van der Waals surface area contributed by atoms with Crippen molar-refractivity contribution >= 4 is 0 Å². The van der Waals surface area contributed by atoms with Crippen LogP contribution in [0.3, 0.4) is 0 Å². The largest absolute Gasteiger partial charge is 0.374 e. The van der Waals surface area contributed by atoms with E-state index in [2.05, 4.69) is 50.4 Å². The second-order valence-corrected chi connectivity index (χ2v) is 6.36. The number of likely N-dealkylation sites (N-methyl/N-ethyl adjacent to an activating group) is 1. The molecule has 1 aliphatic rings. The summed E-state index contributed by atoms with van der Waals surface area (Å²) in [6.45, 7) is 8.32. The lowest BCUT2D eigenvalue weighted by molar-refractivity contribution is -0.0894. The standard InChI is InChI=1S/C19H31NO/c1-4-20-18(15-17-11-9-10-16(3)14-17)19(21-5-2)12-7-6-8-13-19/h9-11,14,18,20H,4-8,12-13,15H2,1-3H3. The molecule has 1 aromatic carbocycles. The van der Waals surface area contributed by atoms with E-state index >= 15 is 0 Å². The molecule has 0 amide bonds. The molecule has 2 heteroatoms. The van der Waals surface area contributed by atoms with Gasteiger partial charge >= 0.3 is 0 Å². The molecule has 21 heavy (non-hydrogen) atoms. The normalized spacial score (nSPS) is 19.4. The van der Waals surface area contributed by atoms with Crippen molar-refractivity contribution in [3.05, 3.63) is 35.4 Å². The molecule has 0 aliphatic heterocycles. The molecule has 2 rings (SSSR count). The van der Waals surface area contributed by atoms with Gasteiger partial charge in [-0.3, -0.25) is 0 Å². The first kappa shape index (κ1) is 16.5. The topological polar surface area (TPSA) is 21.3 Å². The van der Waals surface area contributed by atoms with Gasteiger partial charge in [0.15, 0.2) is 0 Å². The quantitative estimate of drug-likeness (QED) is 0.810. The fourth-order valence-corrected chi connectivity index (χ4v) is 3.80. The number of ether oxygens (including phenoxy) is 1. The summed E-state index contributed by atoms with van der Waals surface area (Å²) in [5, 5.41) is 3.72. The fraction of sp³-hybridized carbons (Fsp3) is 0.684. The second kappa shape index (κ2) is 7.95. The van der Waals surface area contributed by atoms with Crippen LogP contribution < -0.4 is 5.32 Å². The smallest absolute Gasteiger partial charge is 0.0837 e. The van der Waals surface area contributed by atoms with Crippen molar-refractivity contribution in [2.75, 3.05) is 13.2 Å². The molecule has 1 N–H and O–H groups in total. The molecule has 0 heterocycles. The summed E-state index contributed by atoms with van der Waals surface area (Å²) >= 11 is 0. The van der Waals surface area contributed by atoms with E-state index in [-0.39, 0.29) is 5.60 Å². The summed E-state index contributed by atoms with van der Waals surface area (Å²) < 4.78 is 6.33. The van der Waals surface area contributed by atoms with Crippen molar-refractivity contribution in [1.82, 2.24) is 5.32 Å². The molecule has 0 saturated heterocycles. The molecule has 0 aromatic heterocycles. The highest BCUT2D eigenvalue weighted by Crippen LogP contribution is 2.36. The number of benzene rings is 1. The van der Waals surface area contributed by atoms with Crippen molar-refractivity contribution < 1.29 is 4.74 Å². The van der Waals surface area contributed by atoms with E-state index in [0.29, 0.717) is 6.04 Å². The Morgan fingerprint density at radius 3 is 2.57 bits per heavy atom. The highest BCUT2D eigenvalue weighted by molar-refractivity contribution is 5.23. The second-order valence-electron chi connectivity index (χ2n) is 6.36. The minimum Gasteiger partial charge on any atom is -0.374 e. The average Bonchev–Trinajstić information content (AvgIpc) is 2.48. The van der Waals surface area contributed by atoms with E-state index in [1.54, 1.807) is 0 Å². The average molecular weight is 289 g/mol. The minimum absolute atomic E-state index is 0.0345. The molecule has 0 bridgehead atoms. The van der Waals surface area contributed by atoms with Crippen LogP contribution in [0.4, 0.5) is 0 Å². The Balaban J connectivity index is 2.18. The van der Waals surface area contributed by atoms with Gasteiger partial charge in [-0.25, -0.2) is 0 Å². The Kier molecular flexibility index (Phi) is 6.25. The highest BCUT2D eigenvalue weighted by Gasteiger charge is 2.40. The van der Waals surface area contributed by atoms with E-state index in [9.17, 15) is 0 Å². The Morgan fingerprint density at radius 1 is 1.19 bits per heavy atom. The molecule has 2 nitrogen and oxygen atoms in total. The predicted octanol–water partition coefficient (Wildman–Crippen LogP) is 4.26. The molecular formula is C19H31NO. The maximum Gasteiger partial charge on any atom is 0.0837 e. The summed E-state index contributed by atoms with van der Waals surface area (Å²) in [6.07, 6.45) is 7.42. The molecule has 1 atom stereocenters. The van der Waals surface area contributed by atoms with Gasteiger partial charge in [0, 0.05) is 12.6 Å². The third-order valence-electron chi connectivity index (χ3n) is 4.74. The van der Waals surface area contributed by atoms with Crippen LogP contribution in [0, 0.1) is 6.92 Å². The lowest BCUT2D eigenvalue weighted by Crippen LogP contribution is -2.54. The number of aryl methyl sites for hydroxylation is 1. The fourth-order valence-electron chi connectivity index (χ4n) is 3.80. The molecule has 1 aromatic rings. The zero-order valence-corrected chi connectivity index (χ0v) is 14.0. The first-order valence-electron chi connectivity index (χ1n) is 8.63. The Labute approximate surface area is 130 Å². The summed E-state index contributed by atoms with van der Waals surface area (Å²) in [5.41, 5.74) is 2.80. The van der Waals surface area contributed by atoms with Crippen molar-refractivity contribution in [3.63, 3.8) is 0 Å². The van der Waals surface area contributed by atoms with Crippen LogP contribution in [0.2, 0.25) is 0 Å². The van der Waals surface area contributed by atoms with Gasteiger partial charge in [-0.15, -0.1) is 0 Å². The number of hydrogen-bond acceptors (Lipinski definition) is 2. The lowest BCUT2D eigenvalue weighted by atomic mass is 9.77. The lowest BCUT2D eigenvalue weighted by Gasteiger charge is -2.44. The predicted molar refractivity (Wildman–Crippen MR) is 89.8 cm³/mol. The van der Waals surface area contributed by atoms with Crippen LogP contribution in [-0.4, -0.2) is 24.8 Å². The molecular weight excluding hydrogens is 258 g/mol. The number of nitrogens with one attached hydrogen (secondary N) is 1. The van der Waals surface area contributed by atoms with Gasteiger partial charge in [-0.2, -0.15) is 0 Å². The van der Waals surface area contributed by atoms with Crippen molar-refractivity contribution in [3.8, 4) is 0 Å². The molecule has 1 unspecified atom stereocenters. The van der Waals surface area contributed by atoms with Crippen molar-refractivity contribution in [2.45, 2.75) is 70.9 Å². The Hall–Kier alpha value is -0.860. The highest BCUT2D eigenvalue weighted by atomic mass is 16.5. The van der Waals surface area contributed by atoms with Gasteiger partial charge in [-0.1, -0.05) is 56.0 Å². The first-order chi connectivity index (χ1) is 10.2. The SMILES string of the molecule is CCNC(Cc1cccc(C)c1)C1(OCC)CCCCC1. The van der Waals surface area contributed by atoms with Gasteiger partial charge in [0.25, 0.3) is 0 Å². The summed E-state index contributed by atoms with van der Waals surface area (Å²) in [7, 11) is 0.